The number of ether oxygens (including phenoxy) is 1. The SMILES string of the molecule is O=C(Nc1ccc2[nH]nc(-c3ccc(N4CCOCC4)cc3)c2c1)C(c1ccsc1)N1CCC1. The number of fused-ring (bicyclic) bond motifs is 1. The highest BCUT2D eigenvalue weighted by atomic mass is 32.1. The molecule has 2 aliphatic rings. The van der Waals surface area contributed by atoms with Gasteiger partial charge in [0.15, 0.2) is 0 Å². The van der Waals surface area contributed by atoms with Crippen molar-refractivity contribution in [2.45, 2.75) is 12.5 Å². The smallest absolute Gasteiger partial charge is 0.246 e. The van der Waals surface area contributed by atoms with Gasteiger partial charge in [0.05, 0.1) is 24.4 Å². The molecule has 0 bridgehead atoms. The molecule has 0 aliphatic carbocycles. The third kappa shape index (κ3) is 4.09. The van der Waals surface area contributed by atoms with Crippen molar-refractivity contribution < 1.29 is 9.53 Å². The highest BCUT2D eigenvalue weighted by Gasteiger charge is 2.31. The van der Waals surface area contributed by atoms with Crippen molar-refractivity contribution in [3.63, 3.8) is 0 Å². The van der Waals surface area contributed by atoms with Crippen LogP contribution >= 0.6 is 11.3 Å². The van der Waals surface area contributed by atoms with E-state index in [0.29, 0.717) is 0 Å². The summed E-state index contributed by atoms with van der Waals surface area (Å²) in [7, 11) is 0. The predicted molar refractivity (Wildman–Crippen MR) is 136 cm³/mol. The first kappa shape index (κ1) is 21.3. The fraction of sp³-hybridized carbons (Fsp3) is 0.308. The number of benzene rings is 2. The lowest BCUT2D eigenvalue weighted by Gasteiger charge is -2.37. The van der Waals surface area contributed by atoms with Gasteiger partial charge >= 0.3 is 0 Å². The van der Waals surface area contributed by atoms with Crippen LogP contribution < -0.4 is 10.2 Å². The molecule has 4 heterocycles. The van der Waals surface area contributed by atoms with Crippen molar-refractivity contribution in [2.75, 3.05) is 49.6 Å². The number of nitrogens with zero attached hydrogens (tertiary/aromatic N) is 3. The molecule has 0 saturated carbocycles. The van der Waals surface area contributed by atoms with Crippen molar-refractivity contribution in [3.05, 3.63) is 64.9 Å². The van der Waals surface area contributed by atoms with Crippen LogP contribution in [0, 0.1) is 0 Å². The summed E-state index contributed by atoms with van der Waals surface area (Å²) in [4.78, 5) is 17.8. The second-order valence-electron chi connectivity index (χ2n) is 8.82. The van der Waals surface area contributed by atoms with E-state index in [1.807, 2.05) is 29.6 Å². The van der Waals surface area contributed by atoms with Crippen LogP contribution in [0.1, 0.15) is 18.0 Å². The van der Waals surface area contributed by atoms with Crippen molar-refractivity contribution in [2.24, 2.45) is 0 Å². The van der Waals surface area contributed by atoms with Crippen LogP contribution in [0.4, 0.5) is 11.4 Å². The highest BCUT2D eigenvalue weighted by Crippen LogP contribution is 2.32. The highest BCUT2D eigenvalue weighted by molar-refractivity contribution is 7.08. The Labute approximate surface area is 202 Å². The van der Waals surface area contributed by atoms with Crippen LogP contribution in [0.2, 0.25) is 0 Å². The number of aromatic nitrogens is 2. The number of likely N-dealkylation sites (tertiary alicyclic amines) is 1. The second-order valence-corrected chi connectivity index (χ2v) is 9.60. The molecular weight excluding hydrogens is 446 g/mol. The summed E-state index contributed by atoms with van der Waals surface area (Å²) in [5.74, 6) is 0.0114. The number of H-pyrrole nitrogens is 1. The lowest BCUT2D eigenvalue weighted by molar-refractivity contribution is -0.123. The molecule has 8 heteroatoms. The molecule has 1 amide bonds. The van der Waals surface area contributed by atoms with Crippen molar-refractivity contribution in [3.8, 4) is 11.3 Å². The molecule has 0 radical (unpaired) electrons. The molecule has 6 rings (SSSR count). The first-order valence-electron chi connectivity index (χ1n) is 11.7. The van der Waals surface area contributed by atoms with E-state index in [2.05, 4.69) is 55.0 Å². The van der Waals surface area contributed by atoms with Gasteiger partial charge in [-0.05, 0) is 59.1 Å². The summed E-state index contributed by atoms with van der Waals surface area (Å²) >= 11 is 1.63. The molecule has 2 saturated heterocycles. The lowest BCUT2D eigenvalue weighted by Crippen LogP contribution is -2.45. The Balaban J connectivity index is 1.25. The molecule has 1 unspecified atom stereocenters. The third-order valence-electron chi connectivity index (χ3n) is 6.71. The Morgan fingerprint density at radius 3 is 2.59 bits per heavy atom. The molecule has 0 spiro atoms. The molecule has 2 aromatic carbocycles. The van der Waals surface area contributed by atoms with E-state index in [0.717, 1.165) is 79.2 Å². The Hall–Kier alpha value is -3.20. The molecule has 34 heavy (non-hydrogen) atoms. The number of anilines is 2. The van der Waals surface area contributed by atoms with Crippen LogP contribution in [0.5, 0.6) is 0 Å². The standard InChI is InChI=1S/C26H27N5O2S/c32-26(25(31-9-1-10-31)19-8-15-34-17-19)27-20-4-7-23-22(16-20)24(29-28-23)18-2-5-21(6-3-18)30-11-13-33-14-12-30/h2-8,15-17,25H,1,9-14H2,(H,27,32)(H,28,29). The van der Waals surface area contributed by atoms with Gasteiger partial charge in [-0.2, -0.15) is 16.4 Å². The van der Waals surface area contributed by atoms with Gasteiger partial charge in [0.25, 0.3) is 0 Å². The molecule has 4 aromatic rings. The van der Waals surface area contributed by atoms with Gasteiger partial charge in [-0.3, -0.25) is 14.8 Å². The van der Waals surface area contributed by atoms with E-state index < -0.39 is 0 Å². The van der Waals surface area contributed by atoms with Gasteiger partial charge in [-0.25, -0.2) is 0 Å². The van der Waals surface area contributed by atoms with Crippen molar-refractivity contribution in [1.29, 1.82) is 0 Å². The van der Waals surface area contributed by atoms with E-state index in [9.17, 15) is 4.79 Å². The predicted octanol–water partition coefficient (Wildman–Crippen LogP) is 4.51. The number of hydrogen-bond acceptors (Lipinski definition) is 6. The first-order valence-corrected chi connectivity index (χ1v) is 12.7. The summed E-state index contributed by atoms with van der Waals surface area (Å²) in [6, 6.07) is 16.2. The zero-order valence-corrected chi connectivity index (χ0v) is 19.7. The normalized spacial score (nSPS) is 17.5. The minimum absolute atomic E-state index is 0.0114. The maximum Gasteiger partial charge on any atom is 0.246 e. The summed E-state index contributed by atoms with van der Waals surface area (Å²) in [6.45, 7) is 5.28. The van der Waals surface area contributed by atoms with Crippen LogP contribution in [-0.2, 0) is 9.53 Å². The molecule has 2 N–H and O–H groups in total. The quantitative estimate of drug-likeness (QED) is 0.431. The Morgan fingerprint density at radius 2 is 1.88 bits per heavy atom. The van der Waals surface area contributed by atoms with Crippen molar-refractivity contribution in [1.82, 2.24) is 15.1 Å². The van der Waals surface area contributed by atoms with Gasteiger partial charge in [-0.1, -0.05) is 12.1 Å². The zero-order valence-electron chi connectivity index (χ0n) is 18.9. The topological polar surface area (TPSA) is 73.5 Å². The second kappa shape index (κ2) is 9.21. The Morgan fingerprint density at radius 1 is 1.06 bits per heavy atom. The van der Waals surface area contributed by atoms with Gasteiger partial charge in [0.2, 0.25) is 5.91 Å². The average molecular weight is 474 g/mol. The van der Waals surface area contributed by atoms with Crippen molar-refractivity contribution >= 4 is 39.5 Å². The van der Waals surface area contributed by atoms with E-state index in [1.54, 1.807) is 11.3 Å². The molecular formula is C26H27N5O2S. The van der Waals surface area contributed by atoms with E-state index in [4.69, 9.17) is 4.74 Å². The maximum atomic E-state index is 13.3. The van der Waals surface area contributed by atoms with Crippen LogP contribution in [0.15, 0.2) is 59.3 Å². The van der Waals surface area contributed by atoms with E-state index in [1.165, 1.54) is 5.69 Å². The Kier molecular flexibility index (Phi) is 5.78. The zero-order chi connectivity index (χ0) is 22.9. The molecule has 174 valence electrons. The van der Waals surface area contributed by atoms with Gasteiger partial charge in [-0.15, -0.1) is 0 Å². The lowest BCUT2D eigenvalue weighted by atomic mass is 10.0. The van der Waals surface area contributed by atoms with Gasteiger partial charge in [0.1, 0.15) is 6.04 Å². The number of thiophene rings is 1. The molecule has 2 aromatic heterocycles. The molecule has 1 atom stereocenters. The number of carbonyl (C=O) groups is 1. The molecule has 2 fully saturated rings. The van der Waals surface area contributed by atoms with Gasteiger partial charge in [0, 0.05) is 48.5 Å². The number of rotatable bonds is 6. The van der Waals surface area contributed by atoms with Gasteiger partial charge < -0.3 is 15.0 Å². The number of morpholine rings is 1. The van der Waals surface area contributed by atoms with E-state index in [-0.39, 0.29) is 11.9 Å². The number of nitrogens with one attached hydrogen (secondary N) is 2. The largest absolute Gasteiger partial charge is 0.378 e. The van der Waals surface area contributed by atoms with Crippen LogP contribution in [-0.4, -0.2) is 60.4 Å². The summed E-state index contributed by atoms with van der Waals surface area (Å²) < 4.78 is 5.46. The first-order chi connectivity index (χ1) is 16.8. The number of hydrogen-bond donors (Lipinski definition) is 2. The molecule has 7 nitrogen and oxygen atoms in total. The molecule has 2 aliphatic heterocycles. The number of aromatic amines is 1. The number of carbonyl (C=O) groups excluding carboxylic acids is 1. The van der Waals surface area contributed by atoms with Crippen LogP contribution in [0.25, 0.3) is 22.2 Å². The maximum absolute atomic E-state index is 13.3. The fourth-order valence-electron chi connectivity index (χ4n) is 4.73. The fourth-order valence-corrected chi connectivity index (χ4v) is 5.41. The van der Waals surface area contributed by atoms with Crippen LogP contribution in [0.3, 0.4) is 0 Å². The minimum Gasteiger partial charge on any atom is -0.378 e. The summed E-state index contributed by atoms with van der Waals surface area (Å²) in [5, 5.41) is 16.0. The van der Waals surface area contributed by atoms with E-state index >= 15 is 0 Å². The average Bonchev–Trinajstić information content (AvgIpc) is 3.52. The number of amides is 1. The summed E-state index contributed by atoms with van der Waals surface area (Å²) in [6.07, 6.45) is 1.14. The third-order valence-corrected chi connectivity index (χ3v) is 7.41. The summed E-state index contributed by atoms with van der Waals surface area (Å²) in [5.41, 5.74) is 5.92. The minimum atomic E-state index is -0.243. The monoisotopic (exact) mass is 473 g/mol. The Bertz CT molecular complexity index is 1270.